The fraction of sp³-hybridized carbons (Fsp3) is 0.310. The molecule has 10 heteroatoms. The van der Waals surface area contributed by atoms with E-state index in [1.807, 2.05) is 24.3 Å². The van der Waals surface area contributed by atoms with Gasteiger partial charge < -0.3 is 19.5 Å². The first-order valence-electron chi connectivity index (χ1n) is 12.9. The summed E-state index contributed by atoms with van der Waals surface area (Å²) in [5, 5.41) is 12.6. The van der Waals surface area contributed by atoms with Crippen LogP contribution >= 0.6 is 0 Å². The van der Waals surface area contributed by atoms with Crippen molar-refractivity contribution in [2.75, 3.05) is 18.3 Å². The summed E-state index contributed by atoms with van der Waals surface area (Å²) in [6.07, 6.45) is 7.25. The predicted molar refractivity (Wildman–Crippen MR) is 136 cm³/mol. The highest BCUT2D eigenvalue weighted by atomic mass is 19.2. The largest absolute Gasteiger partial charge is 0.502 e. The van der Waals surface area contributed by atoms with Crippen molar-refractivity contribution in [2.24, 2.45) is 0 Å². The molecule has 200 valence electrons. The number of nitrogens with zero attached hydrogens (tertiary/aromatic N) is 3. The molecule has 39 heavy (non-hydrogen) atoms. The Morgan fingerprint density at radius 3 is 2.64 bits per heavy atom. The van der Waals surface area contributed by atoms with Crippen LogP contribution in [0.3, 0.4) is 0 Å². The van der Waals surface area contributed by atoms with Gasteiger partial charge in [-0.1, -0.05) is 24.3 Å². The number of fused-ring (bicyclic) bond motifs is 7. The number of carbonyl (C=O) groups is 1. The van der Waals surface area contributed by atoms with Gasteiger partial charge in [-0.3, -0.25) is 19.3 Å². The normalized spacial score (nSPS) is 21.8. The zero-order valence-electron chi connectivity index (χ0n) is 20.9. The van der Waals surface area contributed by atoms with Crippen molar-refractivity contribution in [3.63, 3.8) is 0 Å². The molecular weight excluding hydrogens is 508 g/mol. The van der Waals surface area contributed by atoms with Gasteiger partial charge in [-0.25, -0.2) is 4.39 Å². The summed E-state index contributed by atoms with van der Waals surface area (Å²) in [6, 6.07) is 8.72. The second-order valence-corrected chi connectivity index (χ2v) is 10.4. The average molecular weight is 534 g/mol. The fourth-order valence-corrected chi connectivity index (χ4v) is 6.13. The van der Waals surface area contributed by atoms with E-state index >= 15 is 4.39 Å². The number of benzene rings is 2. The number of carbonyl (C=O) groups excluding carboxylic acids is 1. The van der Waals surface area contributed by atoms with Crippen molar-refractivity contribution in [2.45, 2.75) is 44.1 Å². The molecule has 4 heterocycles. The van der Waals surface area contributed by atoms with Gasteiger partial charge in [0.1, 0.15) is 19.3 Å². The number of aromatic nitrogens is 1. The molecule has 1 N–H and O–H groups in total. The second-order valence-electron chi connectivity index (χ2n) is 10.4. The maximum absolute atomic E-state index is 15.4. The van der Waals surface area contributed by atoms with Crippen molar-refractivity contribution in [3.8, 4) is 11.5 Å². The van der Waals surface area contributed by atoms with E-state index in [0.29, 0.717) is 31.6 Å². The summed E-state index contributed by atoms with van der Waals surface area (Å²) in [5.74, 6) is -3.52. The number of halogens is 2. The predicted octanol–water partition coefficient (Wildman–Crippen LogP) is 3.87. The Balaban J connectivity index is 1.53. The van der Waals surface area contributed by atoms with E-state index in [9.17, 15) is 19.1 Å². The zero-order valence-corrected chi connectivity index (χ0v) is 20.9. The van der Waals surface area contributed by atoms with Gasteiger partial charge in [0.25, 0.3) is 5.91 Å². The van der Waals surface area contributed by atoms with Gasteiger partial charge in [0.15, 0.2) is 23.0 Å². The average Bonchev–Trinajstić information content (AvgIpc) is 3.37. The van der Waals surface area contributed by atoms with Crippen molar-refractivity contribution in [3.05, 3.63) is 105 Å². The van der Waals surface area contributed by atoms with Crippen LogP contribution in [0.4, 0.5) is 8.78 Å². The Labute approximate surface area is 222 Å². The third-order valence-corrected chi connectivity index (χ3v) is 8.31. The Bertz CT molecular complexity index is 1610. The lowest BCUT2D eigenvalue weighted by Gasteiger charge is -2.53. The smallest absolute Gasteiger partial charge is 0.278 e. The van der Waals surface area contributed by atoms with Crippen molar-refractivity contribution < 1.29 is 28.2 Å². The lowest BCUT2D eigenvalue weighted by molar-refractivity contribution is 0.0255. The van der Waals surface area contributed by atoms with Crippen molar-refractivity contribution >= 4 is 5.91 Å². The molecule has 1 amide bonds. The quantitative estimate of drug-likeness (QED) is 0.478. The first kappa shape index (κ1) is 23.9. The molecule has 2 bridgehead atoms. The number of rotatable bonds is 1. The minimum atomic E-state index is -1.11. The molecule has 0 saturated heterocycles. The number of pyridine rings is 1. The molecule has 1 saturated carbocycles. The molecule has 2 aromatic carbocycles. The molecule has 1 aliphatic carbocycles. The maximum atomic E-state index is 15.4. The summed E-state index contributed by atoms with van der Waals surface area (Å²) in [5.41, 5.74) is 1.55. The van der Waals surface area contributed by atoms with Crippen molar-refractivity contribution in [1.29, 1.82) is 0 Å². The molecule has 1 aromatic heterocycles. The van der Waals surface area contributed by atoms with Crippen LogP contribution in [-0.2, 0) is 18.0 Å². The van der Waals surface area contributed by atoms with Crippen LogP contribution in [0.25, 0.3) is 0 Å². The first-order chi connectivity index (χ1) is 18.9. The van der Waals surface area contributed by atoms with E-state index in [0.717, 1.165) is 29.2 Å². The molecule has 1 fully saturated rings. The summed E-state index contributed by atoms with van der Waals surface area (Å²) in [7, 11) is 0. The molecule has 0 radical (unpaired) electrons. The molecule has 3 aromatic rings. The zero-order chi connectivity index (χ0) is 26.9. The molecule has 3 aliphatic heterocycles. The van der Waals surface area contributed by atoms with Crippen LogP contribution in [0.5, 0.6) is 11.5 Å². The minimum absolute atomic E-state index is 0.0298. The van der Waals surface area contributed by atoms with Crippen molar-refractivity contribution in [1.82, 2.24) is 9.58 Å². The number of amides is 1. The number of hydrogen-bond acceptors (Lipinski definition) is 6. The lowest BCUT2D eigenvalue weighted by Crippen LogP contribution is -2.64. The third kappa shape index (κ3) is 3.51. The third-order valence-electron chi connectivity index (χ3n) is 8.31. The molecule has 7 rings (SSSR count). The molecule has 4 aliphatic rings. The fourth-order valence-electron chi connectivity index (χ4n) is 6.13. The van der Waals surface area contributed by atoms with Crippen LogP contribution in [0.15, 0.2) is 59.5 Å². The first-order valence-corrected chi connectivity index (χ1v) is 12.9. The minimum Gasteiger partial charge on any atom is -0.502 e. The highest BCUT2D eigenvalue weighted by Crippen LogP contribution is 2.45. The van der Waals surface area contributed by atoms with Gasteiger partial charge in [0.2, 0.25) is 11.2 Å². The Morgan fingerprint density at radius 2 is 1.85 bits per heavy atom. The van der Waals surface area contributed by atoms with Gasteiger partial charge in [-0.05, 0) is 54.2 Å². The molecule has 8 nitrogen and oxygen atoms in total. The van der Waals surface area contributed by atoms with Gasteiger partial charge in [-0.2, -0.15) is 4.39 Å². The van der Waals surface area contributed by atoms with Crippen LogP contribution in [-0.4, -0.2) is 39.4 Å². The second kappa shape index (κ2) is 8.67. The van der Waals surface area contributed by atoms with E-state index < -0.39 is 40.3 Å². The topological polar surface area (TPSA) is 84.2 Å². The van der Waals surface area contributed by atoms with Crippen LogP contribution in [0.1, 0.15) is 58.0 Å². The highest BCUT2D eigenvalue weighted by Gasteiger charge is 2.49. The van der Waals surface area contributed by atoms with Gasteiger partial charge in [0.05, 0.1) is 18.8 Å². The summed E-state index contributed by atoms with van der Waals surface area (Å²) in [6.45, 7) is 0.934. The Hall–Kier alpha value is -4.18. The number of aromatic hydroxyl groups is 1. The SMILES string of the molecule is O=C1c2c(O)c(=O)ccn2N2CN1C1(/C=C/COc3c(ccc(F)c3F)C2c2ccc3c(c2)COC3)CCC1. The lowest BCUT2D eigenvalue weighted by atomic mass is 9.74. The van der Waals surface area contributed by atoms with Crippen LogP contribution in [0, 0.1) is 11.6 Å². The molecule has 1 spiro atoms. The standard InChI is InChI=1S/C29H25F2N3O5/c30-21-6-5-20-24(17-3-4-18-14-38-15-19(18)13-17)34-16-32(28(37)25-26(36)22(35)7-11-33(25)34)29(8-1-9-29)10-2-12-39-27(20)23(21)31/h2-7,10-11,13,24,36H,1,8-9,12,14-16H2/b10-2+. The van der Waals surface area contributed by atoms with Gasteiger partial charge in [-0.15, -0.1) is 0 Å². The van der Waals surface area contributed by atoms with Gasteiger partial charge in [0, 0.05) is 17.8 Å². The molecular formula is C29H25F2N3O5. The van der Waals surface area contributed by atoms with E-state index in [4.69, 9.17) is 9.47 Å². The van der Waals surface area contributed by atoms with E-state index in [1.165, 1.54) is 23.0 Å². The Kier molecular flexibility index (Phi) is 5.31. The Morgan fingerprint density at radius 1 is 1.03 bits per heavy atom. The number of hydrogen-bond donors (Lipinski definition) is 1. The van der Waals surface area contributed by atoms with Crippen LogP contribution < -0.4 is 15.2 Å². The van der Waals surface area contributed by atoms with E-state index in [-0.39, 0.29) is 24.7 Å². The summed E-state index contributed by atoms with van der Waals surface area (Å²) in [4.78, 5) is 28.1. The molecule has 1 unspecified atom stereocenters. The van der Waals surface area contributed by atoms with E-state index in [1.54, 1.807) is 16.0 Å². The molecule has 1 atom stereocenters. The monoisotopic (exact) mass is 533 g/mol. The van der Waals surface area contributed by atoms with E-state index in [2.05, 4.69) is 0 Å². The van der Waals surface area contributed by atoms with Crippen LogP contribution in [0.2, 0.25) is 0 Å². The summed E-state index contributed by atoms with van der Waals surface area (Å²) >= 11 is 0. The highest BCUT2D eigenvalue weighted by molar-refractivity contribution is 5.97. The summed E-state index contributed by atoms with van der Waals surface area (Å²) < 4.78 is 42.8. The number of ether oxygens (including phenoxy) is 2. The van der Waals surface area contributed by atoms with Gasteiger partial charge >= 0.3 is 0 Å². The maximum Gasteiger partial charge on any atom is 0.278 e.